The second kappa shape index (κ2) is 8.29. The summed E-state index contributed by atoms with van der Waals surface area (Å²) in [7, 11) is 0. The predicted molar refractivity (Wildman–Crippen MR) is 90.8 cm³/mol. The first-order chi connectivity index (χ1) is 10.6. The minimum Gasteiger partial charge on any atom is -0.444 e. The molecule has 1 rings (SSSR count). The lowest BCUT2D eigenvalue weighted by atomic mass is 10.0. The Hall–Kier alpha value is -1.62. The Morgan fingerprint density at radius 2 is 1.91 bits per heavy atom. The summed E-state index contributed by atoms with van der Waals surface area (Å²) in [5.41, 5.74) is 0.368. The fourth-order valence-corrected chi connectivity index (χ4v) is 2.19. The fourth-order valence-electron chi connectivity index (χ4n) is 2.19. The molecule has 4 nitrogen and oxygen atoms in total. The van der Waals surface area contributed by atoms with E-state index in [0.29, 0.717) is 12.5 Å². The van der Waals surface area contributed by atoms with E-state index in [2.05, 4.69) is 24.5 Å². The minimum absolute atomic E-state index is 0.0152. The van der Waals surface area contributed by atoms with E-state index in [4.69, 9.17) is 4.74 Å². The molecule has 130 valence electrons. The molecular formula is C18H29FN2O2. The summed E-state index contributed by atoms with van der Waals surface area (Å²) in [5.74, 6) is 0.0603. The first-order valence-electron chi connectivity index (χ1n) is 8.07. The van der Waals surface area contributed by atoms with Gasteiger partial charge in [0.15, 0.2) is 0 Å². The van der Waals surface area contributed by atoms with Crippen molar-refractivity contribution in [1.82, 2.24) is 10.6 Å². The summed E-state index contributed by atoms with van der Waals surface area (Å²) in [6.07, 6.45) is -0.427. The van der Waals surface area contributed by atoms with Gasteiger partial charge in [-0.25, -0.2) is 9.18 Å². The second-order valence-corrected chi connectivity index (χ2v) is 7.18. The lowest BCUT2D eigenvalue weighted by Crippen LogP contribution is -2.46. The number of carbonyl (C=O) groups is 1. The molecule has 0 saturated carbocycles. The molecule has 0 saturated heterocycles. The van der Waals surface area contributed by atoms with E-state index < -0.39 is 11.7 Å². The first kappa shape index (κ1) is 19.4. The molecule has 0 aromatic heterocycles. The molecule has 0 radical (unpaired) electrons. The van der Waals surface area contributed by atoms with E-state index >= 15 is 0 Å². The topological polar surface area (TPSA) is 50.4 Å². The highest BCUT2D eigenvalue weighted by atomic mass is 19.1. The Balaban J connectivity index is 2.60. The maximum absolute atomic E-state index is 13.3. The first-order valence-corrected chi connectivity index (χ1v) is 8.07. The van der Waals surface area contributed by atoms with Gasteiger partial charge in [-0.3, -0.25) is 0 Å². The normalized spacial score (nSPS) is 14.4. The van der Waals surface area contributed by atoms with Crippen LogP contribution in [-0.2, 0) is 4.74 Å². The molecular weight excluding hydrogens is 295 g/mol. The third-order valence-electron chi connectivity index (χ3n) is 3.48. The van der Waals surface area contributed by atoms with Gasteiger partial charge in [0.1, 0.15) is 11.4 Å². The van der Waals surface area contributed by atoms with E-state index in [1.54, 1.807) is 6.07 Å². The fraction of sp³-hybridized carbons (Fsp3) is 0.611. The van der Waals surface area contributed by atoms with Crippen molar-refractivity contribution < 1.29 is 13.9 Å². The number of amides is 1. The number of carbonyl (C=O) groups excluding carboxylic acids is 1. The van der Waals surface area contributed by atoms with Crippen LogP contribution < -0.4 is 10.6 Å². The van der Waals surface area contributed by atoms with Crippen molar-refractivity contribution in [3.63, 3.8) is 0 Å². The summed E-state index contributed by atoms with van der Waals surface area (Å²) in [6.45, 7) is 12.1. The van der Waals surface area contributed by atoms with Gasteiger partial charge in [-0.2, -0.15) is 0 Å². The van der Waals surface area contributed by atoms with Gasteiger partial charge in [0, 0.05) is 18.6 Å². The van der Waals surface area contributed by atoms with Crippen LogP contribution in [0.2, 0.25) is 0 Å². The molecule has 23 heavy (non-hydrogen) atoms. The van der Waals surface area contributed by atoms with Crippen LogP contribution in [0.5, 0.6) is 0 Å². The van der Waals surface area contributed by atoms with Crippen LogP contribution in [0.4, 0.5) is 9.18 Å². The van der Waals surface area contributed by atoms with Gasteiger partial charge in [0.2, 0.25) is 0 Å². The molecule has 5 heteroatoms. The summed E-state index contributed by atoms with van der Waals surface area (Å²) in [5, 5.41) is 6.23. The number of alkyl carbamates (subject to hydrolysis) is 1. The van der Waals surface area contributed by atoms with Gasteiger partial charge in [-0.05, 0) is 51.3 Å². The van der Waals surface area contributed by atoms with Crippen LogP contribution in [0.25, 0.3) is 0 Å². The standard InChI is InChI=1S/C18H29FN2O2/c1-12(2)16(11-20-17(22)23-18(4,5)6)21-13(3)14-8-7-9-15(19)10-14/h7-10,12-13,16,21H,11H2,1-6H3,(H,20,22). The molecule has 0 aliphatic carbocycles. The van der Waals surface area contributed by atoms with E-state index in [9.17, 15) is 9.18 Å². The predicted octanol–water partition coefficient (Wildman–Crippen LogP) is 4.03. The molecule has 1 aromatic carbocycles. The summed E-state index contributed by atoms with van der Waals surface area (Å²) >= 11 is 0. The Kier molecular flexibility index (Phi) is 7.01. The van der Waals surface area contributed by atoms with Crippen LogP contribution in [0.3, 0.4) is 0 Å². The summed E-state index contributed by atoms with van der Waals surface area (Å²) in [6, 6.07) is 6.58. The molecule has 0 aliphatic rings. The average molecular weight is 324 g/mol. The Morgan fingerprint density at radius 1 is 1.26 bits per heavy atom. The maximum atomic E-state index is 13.3. The Morgan fingerprint density at radius 3 is 2.43 bits per heavy atom. The smallest absolute Gasteiger partial charge is 0.407 e. The third kappa shape index (κ3) is 7.46. The van der Waals surface area contributed by atoms with Crippen molar-refractivity contribution in [2.45, 2.75) is 59.2 Å². The van der Waals surface area contributed by atoms with Gasteiger partial charge >= 0.3 is 6.09 Å². The monoisotopic (exact) mass is 324 g/mol. The molecule has 1 amide bonds. The van der Waals surface area contributed by atoms with Crippen molar-refractivity contribution in [3.8, 4) is 0 Å². The number of halogens is 1. The van der Waals surface area contributed by atoms with Crippen molar-refractivity contribution in [3.05, 3.63) is 35.6 Å². The number of hydrogen-bond acceptors (Lipinski definition) is 3. The molecule has 2 atom stereocenters. The molecule has 0 heterocycles. The Bertz CT molecular complexity index is 512. The van der Waals surface area contributed by atoms with Crippen LogP contribution in [-0.4, -0.2) is 24.3 Å². The summed E-state index contributed by atoms with van der Waals surface area (Å²) in [4.78, 5) is 11.8. The van der Waals surface area contributed by atoms with Gasteiger partial charge in [0.25, 0.3) is 0 Å². The zero-order chi connectivity index (χ0) is 17.6. The van der Waals surface area contributed by atoms with Gasteiger partial charge in [0.05, 0.1) is 0 Å². The SMILES string of the molecule is CC(NC(CNC(=O)OC(C)(C)C)C(C)C)c1cccc(F)c1. The quantitative estimate of drug-likeness (QED) is 0.831. The van der Waals surface area contributed by atoms with Crippen LogP contribution in [0, 0.1) is 11.7 Å². The average Bonchev–Trinajstić information content (AvgIpc) is 2.40. The number of nitrogens with one attached hydrogen (secondary N) is 2. The largest absolute Gasteiger partial charge is 0.444 e. The second-order valence-electron chi connectivity index (χ2n) is 7.18. The van der Waals surface area contributed by atoms with E-state index in [1.807, 2.05) is 33.8 Å². The lowest BCUT2D eigenvalue weighted by Gasteiger charge is -2.28. The third-order valence-corrected chi connectivity index (χ3v) is 3.48. The van der Waals surface area contributed by atoms with Crippen LogP contribution in [0.15, 0.2) is 24.3 Å². The van der Waals surface area contributed by atoms with Gasteiger partial charge in [-0.1, -0.05) is 26.0 Å². The van der Waals surface area contributed by atoms with Gasteiger partial charge < -0.3 is 15.4 Å². The van der Waals surface area contributed by atoms with Crippen LogP contribution >= 0.6 is 0 Å². The van der Waals surface area contributed by atoms with Crippen molar-refractivity contribution >= 4 is 6.09 Å². The molecule has 0 fully saturated rings. The molecule has 0 spiro atoms. The minimum atomic E-state index is -0.514. The van der Waals surface area contributed by atoms with Crippen LogP contribution in [0.1, 0.15) is 53.1 Å². The Labute approximate surface area is 138 Å². The van der Waals surface area contributed by atoms with E-state index in [1.165, 1.54) is 12.1 Å². The van der Waals surface area contributed by atoms with Gasteiger partial charge in [-0.15, -0.1) is 0 Å². The number of rotatable bonds is 6. The number of hydrogen-bond donors (Lipinski definition) is 2. The van der Waals surface area contributed by atoms with Crippen molar-refractivity contribution in [2.24, 2.45) is 5.92 Å². The van der Waals surface area contributed by atoms with E-state index in [-0.39, 0.29) is 17.9 Å². The zero-order valence-electron chi connectivity index (χ0n) is 14.9. The highest BCUT2D eigenvalue weighted by Crippen LogP contribution is 2.16. The molecule has 1 aromatic rings. The highest BCUT2D eigenvalue weighted by molar-refractivity contribution is 5.67. The lowest BCUT2D eigenvalue weighted by molar-refractivity contribution is 0.0518. The maximum Gasteiger partial charge on any atom is 0.407 e. The highest BCUT2D eigenvalue weighted by Gasteiger charge is 2.20. The number of benzene rings is 1. The molecule has 0 aliphatic heterocycles. The van der Waals surface area contributed by atoms with E-state index in [0.717, 1.165) is 5.56 Å². The zero-order valence-corrected chi connectivity index (χ0v) is 14.9. The van der Waals surface area contributed by atoms with Crippen molar-refractivity contribution in [1.29, 1.82) is 0 Å². The molecule has 2 N–H and O–H groups in total. The number of ether oxygens (including phenoxy) is 1. The summed E-state index contributed by atoms with van der Waals surface area (Å²) < 4.78 is 18.6. The van der Waals surface area contributed by atoms with Crippen molar-refractivity contribution in [2.75, 3.05) is 6.54 Å². The molecule has 2 unspecified atom stereocenters. The molecule has 0 bridgehead atoms.